The minimum absolute atomic E-state index is 0.0989. The van der Waals surface area contributed by atoms with Crippen LogP contribution in [0.4, 0.5) is 5.13 Å². The molecular formula is C13H14N2OS2. The second-order valence-corrected chi connectivity index (χ2v) is 5.57. The van der Waals surface area contributed by atoms with Crippen molar-refractivity contribution in [1.29, 1.82) is 0 Å². The van der Waals surface area contributed by atoms with Gasteiger partial charge in [0, 0.05) is 16.7 Å². The molecule has 18 heavy (non-hydrogen) atoms. The van der Waals surface area contributed by atoms with Crippen molar-refractivity contribution in [2.75, 3.05) is 11.6 Å². The highest BCUT2D eigenvalue weighted by atomic mass is 32.2. The lowest BCUT2D eigenvalue weighted by molar-refractivity contribution is 0.102. The van der Waals surface area contributed by atoms with Crippen molar-refractivity contribution in [2.24, 2.45) is 0 Å². The van der Waals surface area contributed by atoms with E-state index in [0.29, 0.717) is 10.7 Å². The van der Waals surface area contributed by atoms with Crippen LogP contribution in [-0.2, 0) is 5.75 Å². The number of hydrogen-bond acceptors (Lipinski definition) is 4. The molecule has 0 radical (unpaired) electrons. The van der Waals surface area contributed by atoms with E-state index < -0.39 is 0 Å². The highest BCUT2D eigenvalue weighted by Crippen LogP contribution is 2.19. The zero-order valence-electron chi connectivity index (χ0n) is 10.3. The first-order valence-electron chi connectivity index (χ1n) is 5.51. The van der Waals surface area contributed by atoms with E-state index in [4.69, 9.17) is 0 Å². The molecule has 0 aliphatic rings. The molecule has 3 nitrogen and oxygen atoms in total. The van der Waals surface area contributed by atoms with Gasteiger partial charge in [-0.05, 0) is 24.8 Å². The Hall–Kier alpha value is -1.33. The molecule has 94 valence electrons. The van der Waals surface area contributed by atoms with Crippen LogP contribution in [0.25, 0.3) is 0 Å². The van der Waals surface area contributed by atoms with Gasteiger partial charge >= 0.3 is 0 Å². The largest absolute Gasteiger partial charge is 0.298 e. The number of amides is 1. The fraction of sp³-hybridized carbons (Fsp3) is 0.231. The molecule has 2 aromatic rings. The number of carbonyl (C=O) groups is 1. The van der Waals surface area contributed by atoms with E-state index in [9.17, 15) is 4.79 Å². The van der Waals surface area contributed by atoms with Gasteiger partial charge in [0.05, 0.1) is 5.69 Å². The maximum absolute atomic E-state index is 12.1. The molecule has 0 bridgehead atoms. The van der Waals surface area contributed by atoms with Gasteiger partial charge < -0.3 is 0 Å². The van der Waals surface area contributed by atoms with Crippen LogP contribution in [0.1, 0.15) is 21.6 Å². The summed E-state index contributed by atoms with van der Waals surface area (Å²) in [5.74, 6) is 0.773. The van der Waals surface area contributed by atoms with E-state index in [2.05, 4.69) is 10.3 Å². The Morgan fingerprint density at radius 3 is 2.94 bits per heavy atom. The number of thiazole rings is 1. The minimum Gasteiger partial charge on any atom is -0.298 e. The van der Waals surface area contributed by atoms with Crippen LogP contribution in [0.3, 0.4) is 0 Å². The maximum Gasteiger partial charge on any atom is 0.257 e. The van der Waals surface area contributed by atoms with Crippen LogP contribution in [0.5, 0.6) is 0 Å². The lowest BCUT2D eigenvalue weighted by Gasteiger charge is -2.04. The molecule has 2 rings (SSSR count). The second-order valence-electron chi connectivity index (χ2n) is 3.85. The van der Waals surface area contributed by atoms with E-state index in [-0.39, 0.29) is 5.91 Å². The van der Waals surface area contributed by atoms with Gasteiger partial charge in [-0.25, -0.2) is 4.98 Å². The Morgan fingerprint density at radius 1 is 1.44 bits per heavy atom. The summed E-state index contributed by atoms with van der Waals surface area (Å²) in [6, 6.07) is 7.53. The molecule has 1 aromatic heterocycles. The Balaban J connectivity index is 2.09. The van der Waals surface area contributed by atoms with Gasteiger partial charge in [-0.15, -0.1) is 11.3 Å². The maximum atomic E-state index is 12.1. The molecule has 1 heterocycles. The van der Waals surface area contributed by atoms with E-state index in [0.717, 1.165) is 17.0 Å². The fourth-order valence-electron chi connectivity index (χ4n) is 1.57. The predicted octanol–water partition coefficient (Wildman–Crippen LogP) is 3.57. The summed E-state index contributed by atoms with van der Waals surface area (Å²) >= 11 is 3.18. The first-order chi connectivity index (χ1) is 8.70. The zero-order valence-corrected chi connectivity index (χ0v) is 11.9. The highest BCUT2D eigenvalue weighted by Gasteiger charge is 2.10. The Bertz CT molecular complexity index is 551. The molecule has 1 aromatic carbocycles. The lowest BCUT2D eigenvalue weighted by atomic mass is 10.1. The quantitative estimate of drug-likeness (QED) is 0.929. The standard InChI is InChI=1S/C13H14N2OS2/c1-9-5-3-4-6-11(9)12(16)15-13-14-10(7-17-2)8-18-13/h3-6,8H,7H2,1-2H3,(H,14,15,16). The molecule has 1 N–H and O–H groups in total. The first-order valence-corrected chi connectivity index (χ1v) is 7.78. The third kappa shape index (κ3) is 3.11. The van der Waals surface area contributed by atoms with Gasteiger partial charge in [0.1, 0.15) is 0 Å². The van der Waals surface area contributed by atoms with Crippen LogP contribution in [0.15, 0.2) is 29.6 Å². The molecular weight excluding hydrogens is 264 g/mol. The molecule has 0 fully saturated rings. The number of nitrogens with one attached hydrogen (secondary N) is 1. The monoisotopic (exact) mass is 278 g/mol. The summed E-state index contributed by atoms with van der Waals surface area (Å²) in [7, 11) is 0. The van der Waals surface area contributed by atoms with Gasteiger partial charge in [-0.3, -0.25) is 10.1 Å². The Kier molecular flexibility index (Phi) is 4.38. The molecule has 0 unspecified atom stereocenters. The van der Waals surface area contributed by atoms with E-state index in [1.54, 1.807) is 11.8 Å². The third-order valence-electron chi connectivity index (χ3n) is 2.45. The average molecular weight is 278 g/mol. The normalized spacial score (nSPS) is 10.3. The van der Waals surface area contributed by atoms with E-state index in [1.807, 2.05) is 42.8 Å². The molecule has 5 heteroatoms. The van der Waals surface area contributed by atoms with Crippen LogP contribution < -0.4 is 5.32 Å². The highest BCUT2D eigenvalue weighted by molar-refractivity contribution is 7.97. The summed E-state index contributed by atoms with van der Waals surface area (Å²) in [5.41, 5.74) is 2.67. The molecule has 0 saturated heterocycles. The fourth-order valence-corrected chi connectivity index (χ4v) is 2.83. The first kappa shape index (κ1) is 13.1. The van der Waals surface area contributed by atoms with Crippen molar-refractivity contribution < 1.29 is 4.79 Å². The van der Waals surface area contributed by atoms with Crippen molar-refractivity contribution >= 4 is 34.1 Å². The van der Waals surface area contributed by atoms with Crippen LogP contribution >= 0.6 is 23.1 Å². The molecule has 0 aliphatic heterocycles. The molecule has 0 atom stereocenters. The Morgan fingerprint density at radius 2 is 2.22 bits per heavy atom. The van der Waals surface area contributed by atoms with Gasteiger partial charge in [-0.2, -0.15) is 11.8 Å². The van der Waals surface area contributed by atoms with Crippen molar-refractivity contribution in [3.63, 3.8) is 0 Å². The summed E-state index contributed by atoms with van der Waals surface area (Å²) in [5, 5.41) is 5.47. The number of anilines is 1. The summed E-state index contributed by atoms with van der Waals surface area (Å²) in [4.78, 5) is 16.4. The third-order valence-corrected chi connectivity index (χ3v) is 3.85. The summed E-state index contributed by atoms with van der Waals surface area (Å²) in [6.07, 6.45) is 2.03. The SMILES string of the molecule is CSCc1csc(NC(=O)c2ccccc2C)n1. The number of rotatable bonds is 4. The van der Waals surface area contributed by atoms with Crippen LogP contribution in [0, 0.1) is 6.92 Å². The number of hydrogen-bond donors (Lipinski definition) is 1. The number of benzene rings is 1. The van der Waals surface area contributed by atoms with Crippen molar-refractivity contribution in [3.8, 4) is 0 Å². The lowest BCUT2D eigenvalue weighted by Crippen LogP contribution is -2.13. The topological polar surface area (TPSA) is 42.0 Å². The zero-order chi connectivity index (χ0) is 13.0. The van der Waals surface area contributed by atoms with Crippen molar-refractivity contribution in [2.45, 2.75) is 12.7 Å². The smallest absolute Gasteiger partial charge is 0.257 e. The van der Waals surface area contributed by atoms with Gasteiger partial charge in [0.15, 0.2) is 5.13 Å². The summed E-state index contributed by atoms with van der Waals surface area (Å²) < 4.78 is 0. The predicted molar refractivity (Wildman–Crippen MR) is 78.5 cm³/mol. The Labute approximate surface area is 115 Å². The van der Waals surface area contributed by atoms with E-state index >= 15 is 0 Å². The van der Waals surface area contributed by atoms with Crippen LogP contribution in [-0.4, -0.2) is 17.1 Å². The van der Waals surface area contributed by atoms with Gasteiger partial charge in [-0.1, -0.05) is 18.2 Å². The molecule has 0 saturated carbocycles. The second kappa shape index (κ2) is 6.02. The average Bonchev–Trinajstić information content (AvgIpc) is 2.77. The number of aromatic nitrogens is 1. The number of aryl methyl sites for hydroxylation is 1. The van der Waals surface area contributed by atoms with Gasteiger partial charge in [0.25, 0.3) is 5.91 Å². The van der Waals surface area contributed by atoms with Gasteiger partial charge in [0.2, 0.25) is 0 Å². The number of carbonyl (C=O) groups excluding carboxylic acids is 1. The van der Waals surface area contributed by atoms with E-state index in [1.165, 1.54) is 11.3 Å². The molecule has 0 spiro atoms. The number of thioether (sulfide) groups is 1. The van der Waals surface area contributed by atoms with Crippen molar-refractivity contribution in [3.05, 3.63) is 46.5 Å². The van der Waals surface area contributed by atoms with Crippen molar-refractivity contribution in [1.82, 2.24) is 4.98 Å². The molecule has 1 amide bonds. The minimum atomic E-state index is -0.0989. The van der Waals surface area contributed by atoms with Crippen LogP contribution in [0.2, 0.25) is 0 Å². The number of nitrogens with zero attached hydrogens (tertiary/aromatic N) is 1. The molecule has 0 aliphatic carbocycles. The summed E-state index contributed by atoms with van der Waals surface area (Å²) in [6.45, 7) is 1.93.